The van der Waals surface area contributed by atoms with Crippen LogP contribution < -0.4 is 11.3 Å². The van der Waals surface area contributed by atoms with Crippen molar-refractivity contribution in [2.45, 2.75) is 0 Å². The van der Waals surface area contributed by atoms with Gasteiger partial charge in [-0.15, -0.1) is 0 Å². The summed E-state index contributed by atoms with van der Waals surface area (Å²) in [6.45, 7) is 0. The first kappa shape index (κ1) is 15.8. The van der Waals surface area contributed by atoms with Crippen LogP contribution in [0.15, 0.2) is 6.07 Å². The second-order valence-corrected chi connectivity index (χ2v) is 3.53. The summed E-state index contributed by atoms with van der Waals surface area (Å²) in [6, 6.07) is 0.103. The number of nitrogens with two attached hydrogens (primary N) is 1. The fourth-order valence-corrected chi connectivity index (χ4v) is 0.700. The van der Waals surface area contributed by atoms with Gasteiger partial charge in [-0.2, -0.15) is 0 Å². The number of phosphoric acid groups is 1. The van der Waals surface area contributed by atoms with E-state index in [4.69, 9.17) is 19.2 Å². The van der Waals surface area contributed by atoms with E-state index in [0.717, 1.165) is 0 Å². The Hall–Kier alpha value is -1.19. The maximum Gasteiger partial charge on any atom is 0.466 e. The van der Waals surface area contributed by atoms with E-state index >= 15 is 0 Å². The maximum atomic E-state index is 12.5. The molecule has 1 rings (SSSR count). The predicted molar refractivity (Wildman–Crippen MR) is 48.3 cm³/mol. The highest BCUT2D eigenvalue weighted by Gasteiger charge is 2.17. The Labute approximate surface area is 91.9 Å². The SMILES string of the molecule is NNc1c(F)c(F)cc(F)c1F.O=P(O)(O)O. The quantitative estimate of drug-likeness (QED) is 0.169. The third-order valence-corrected chi connectivity index (χ3v) is 1.26. The zero-order chi connectivity index (χ0) is 13.8. The molecule has 98 valence electrons. The minimum Gasteiger partial charge on any atom is -0.319 e. The van der Waals surface area contributed by atoms with Gasteiger partial charge < -0.3 is 20.1 Å². The van der Waals surface area contributed by atoms with E-state index in [1.165, 1.54) is 5.43 Å². The van der Waals surface area contributed by atoms with Crippen LogP contribution in [0.2, 0.25) is 0 Å². The van der Waals surface area contributed by atoms with Gasteiger partial charge in [-0.1, -0.05) is 0 Å². The van der Waals surface area contributed by atoms with Crippen molar-refractivity contribution in [3.8, 4) is 0 Å². The van der Waals surface area contributed by atoms with Crippen molar-refractivity contribution in [2.24, 2.45) is 5.84 Å². The number of benzene rings is 1. The van der Waals surface area contributed by atoms with Crippen molar-refractivity contribution in [1.82, 2.24) is 0 Å². The molecule has 0 saturated heterocycles. The summed E-state index contributed by atoms with van der Waals surface area (Å²) in [4.78, 5) is 21.6. The highest BCUT2D eigenvalue weighted by Crippen LogP contribution is 2.25. The third kappa shape index (κ3) is 5.61. The standard InChI is InChI=1S/C6H4F4N2.H3O4P/c7-2-1-3(8)5(10)6(12-11)4(2)9;1-5(2,3)4/h1,12H,11H2;(H3,1,2,3,4). The number of hydrogen-bond acceptors (Lipinski definition) is 3. The van der Waals surface area contributed by atoms with Gasteiger partial charge in [-0.3, -0.25) is 5.84 Å². The molecule has 1 aromatic carbocycles. The van der Waals surface area contributed by atoms with Crippen LogP contribution in [0.5, 0.6) is 0 Å². The van der Waals surface area contributed by atoms with E-state index in [-0.39, 0.29) is 6.07 Å². The lowest BCUT2D eigenvalue weighted by Gasteiger charge is -2.04. The van der Waals surface area contributed by atoms with Crippen molar-refractivity contribution >= 4 is 13.5 Å². The van der Waals surface area contributed by atoms with Crippen LogP contribution in [-0.4, -0.2) is 14.7 Å². The highest BCUT2D eigenvalue weighted by molar-refractivity contribution is 7.45. The van der Waals surface area contributed by atoms with Gasteiger partial charge in [-0.05, 0) is 0 Å². The molecule has 17 heavy (non-hydrogen) atoms. The second kappa shape index (κ2) is 5.94. The van der Waals surface area contributed by atoms with E-state index in [1.807, 2.05) is 0 Å². The molecule has 0 fully saturated rings. The topological polar surface area (TPSA) is 116 Å². The lowest BCUT2D eigenvalue weighted by molar-refractivity contribution is 0.275. The zero-order valence-electron chi connectivity index (χ0n) is 7.86. The molecule has 6 nitrogen and oxygen atoms in total. The van der Waals surface area contributed by atoms with Gasteiger partial charge in [0, 0.05) is 6.07 Å². The van der Waals surface area contributed by atoms with Gasteiger partial charge >= 0.3 is 7.82 Å². The van der Waals surface area contributed by atoms with Crippen molar-refractivity contribution < 1.29 is 36.8 Å². The van der Waals surface area contributed by atoms with Gasteiger partial charge in [-0.25, -0.2) is 22.1 Å². The zero-order valence-corrected chi connectivity index (χ0v) is 8.76. The van der Waals surface area contributed by atoms with E-state index in [9.17, 15) is 17.6 Å². The minimum absolute atomic E-state index is 0.103. The van der Waals surface area contributed by atoms with Crippen LogP contribution in [0, 0.1) is 23.3 Å². The lowest BCUT2D eigenvalue weighted by atomic mass is 10.2. The van der Waals surface area contributed by atoms with Crippen LogP contribution in [0.4, 0.5) is 23.2 Å². The van der Waals surface area contributed by atoms with Crippen molar-refractivity contribution in [3.63, 3.8) is 0 Å². The van der Waals surface area contributed by atoms with Crippen molar-refractivity contribution in [1.29, 1.82) is 0 Å². The molecular formula is C6H7F4N2O4P. The Bertz CT molecular complexity index is 418. The molecule has 0 bridgehead atoms. The number of hydrazine groups is 1. The van der Waals surface area contributed by atoms with Gasteiger partial charge in [0.15, 0.2) is 23.3 Å². The minimum atomic E-state index is -4.64. The molecule has 11 heteroatoms. The van der Waals surface area contributed by atoms with Crippen molar-refractivity contribution in [3.05, 3.63) is 29.3 Å². The van der Waals surface area contributed by atoms with Crippen LogP contribution in [0.25, 0.3) is 0 Å². The molecule has 1 aromatic rings. The third-order valence-electron chi connectivity index (χ3n) is 1.26. The summed E-state index contributed by atoms with van der Waals surface area (Å²) in [5, 5.41) is 0. The van der Waals surface area contributed by atoms with E-state index < -0.39 is 36.8 Å². The fraction of sp³-hybridized carbons (Fsp3) is 0. The number of hydrogen-bond donors (Lipinski definition) is 5. The normalized spacial score (nSPS) is 10.6. The Morgan fingerprint density at radius 3 is 1.59 bits per heavy atom. The molecule has 0 amide bonds. The highest BCUT2D eigenvalue weighted by atomic mass is 31.2. The molecule has 0 aliphatic rings. The van der Waals surface area contributed by atoms with Crippen LogP contribution in [-0.2, 0) is 4.57 Å². The first-order chi connectivity index (χ1) is 7.57. The number of nitrogens with one attached hydrogen (secondary N) is 1. The Balaban J connectivity index is 0.000000437. The van der Waals surface area contributed by atoms with Gasteiger partial charge in [0.05, 0.1) is 0 Å². The molecule has 6 N–H and O–H groups in total. The van der Waals surface area contributed by atoms with Crippen molar-refractivity contribution in [2.75, 3.05) is 5.43 Å². The summed E-state index contributed by atoms with van der Waals surface area (Å²) < 4.78 is 58.6. The summed E-state index contributed by atoms with van der Waals surface area (Å²) >= 11 is 0. The summed E-state index contributed by atoms with van der Waals surface area (Å²) in [6.07, 6.45) is 0. The monoisotopic (exact) mass is 278 g/mol. The van der Waals surface area contributed by atoms with Gasteiger partial charge in [0.2, 0.25) is 0 Å². The Kier molecular flexibility index (Phi) is 5.52. The summed E-state index contributed by atoms with van der Waals surface area (Å²) in [5.74, 6) is -1.46. The Morgan fingerprint density at radius 2 is 1.35 bits per heavy atom. The molecule has 0 spiro atoms. The maximum absolute atomic E-state index is 12.5. The second-order valence-electron chi connectivity index (χ2n) is 2.50. The fourth-order valence-electron chi connectivity index (χ4n) is 0.700. The smallest absolute Gasteiger partial charge is 0.319 e. The van der Waals surface area contributed by atoms with E-state index in [1.54, 1.807) is 0 Å². The molecule has 0 saturated carbocycles. The lowest BCUT2D eigenvalue weighted by Crippen LogP contribution is -2.12. The van der Waals surface area contributed by atoms with E-state index in [0.29, 0.717) is 0 Å². The van der Waals surface area contributed by atoms with Gasteiger partial charge in [0.1, 0.15) is 5.69 Å². The first-order valence-electron chi connectivity index (χ1n) is 3.65. The molecule has 0 atom stereocenters. The van der Waals surface area contributed by atoms with Gasteiger partial charge in [0.25, 0.3) is 0 Å². The molecule has 0 unspecified atom stereocenters. The average Bonchev–Trinajstić information content (AvgIpc) is 2.13. The number of rotatable bonds is 1. The van der Waals surface area contributed by atoms with Crippen LogP contribution >= 0.6 is 7.82 Å². The summed E-state index contributed by atoms with van der Waals surface area (Å²) in [7, 11) is -4.64. The molecule has 0 aliphatic carbocycles. The summed E-state index contributed by atoms with van der Waals surface area (Å²) in [5.41, 5.74) is 0.494. The molecule has 0 heterocycles. The first-order valence-corrected chi connectivity index (χ1v) is 5.22. The molecule has 0 aromatic heterocycles. The largest absolute Gasteiger partial charge is 0.466 e. The molecular weight excluding hydrogens is 271 g/mol. The average molecular weight is 278 g/mol. The number of nitrogen functional groups attached to an aromatic ring is 1. The molecule has 0 radical (unpaired) electrons. The van der Waals surface area contributed by atoms with Crippen LogP contribution in [0.3, 0.4) is 0 Å². The Morgan fingerprint density at radius 1 is 1.06 bits per heavy atom. The predicted octanol–water partition coefficient (Wildman–Crippen LogP) is 0.600. The van der Waals surface area contributed by atoms with Crippen LogP contribution in [0.1, 0.15) is 0 Å². The molecule has 0 aliphatic heterocycles. The van der Waals surface area contributed by atoms with E-state index in [2.05, 4.69) is 5.84 Å². The number of anilines is 1. The number of halogens is 4.